The van der Waals surface area contributed by atoms with Crippen molar-refractivity contribution in [3.8, 4) is 0 Å². The second-order valence-electron chi connectivity index (χ2n) is 5.06. The molecule has 1 aromatic heterocycles. The van der Waals surface area contributed by atoms with Crippen LogP contribution in [-0.4, -0.2) is 44.8 Å². The molecule has 3 N–H and O–H groups in total. The van der Waals surface area contributed by atoms with Crippen molar-refractivity contribution in [3.63, 3.8) is 0 Å². The molecule has 0 bridgehead atoms. The van der Waals surface area contributed by atoms with Crippen LogP contribution in [0.3, 0.4) is 0 Å². The van der Waals surface area contributed by atoms with Gasteiger partial charge in [-0.25, -0.2) is 4.79 Å². The lowest BCUT2D eigenvalue weighted by molar-refractivity contribution is -0.138. The third-order valence-corrected chi connectivity index (χ3v) is 6.21. The van der Waals surface area contributed by atoms with E-state index in [4.69, 9.17) is 10.2 Å². The van der Waals surface area contributed by atoms with E-state index in [9.17, 15) is 19.5 Å². The number of furan rings is 1. The maximum absolute atomic E-state index is 11.9. The molecule has 3 unspecified atom stereocenters. The number of carboxylic acid groups (broad SMARTS) is 1. The summed E-state index contributed by atoms with van der Waals surface area (Å²) in [5.74, 6) is -1.03. The summed E-state index contributed by atoms with van der Waals surface area (Å²) < 4.78 is 5.01. The first-order valence-electron chi connectivity index (χ1n) is 6.57. The molecule has 1 aromatic rings. The van der Waals surface area contributed by atoms with Gasteiger partial charge in [-0.1, -0.05) is 11.8 Å². The molecule has 1 aliphatic heterocycles. The van der Waals surface area contributed by atoms with E-state index >= 15 is 0 Å². The Balaban J connectivity index is 1.77. The van der Waals surface area contributed by atoms with Gasteiger partial charge in [0.25, 0.3) is 5.12 Å². The third kappa shape index (κ3) is 2.51. The Morgan fingerprint density at radius 3 is 2.91 bits per heavy atom. The number of thioether (sulfide) groups is 2. The lowest BCUT2D eigenvalue weighted by Gasteiger charge is -2.44. The van der Waals surface area contributed by atoms with Crippen LogP contribution in [0, 0.1) is 5.92 Å². The van der Waals surface area contributed by atoms with Gasteiger partial charge >= 0.3 is 5.97 Å². The number of ketones is 1. The van der Waals surface area contributed by atoms with Crippen molar-refractivity contribution in [2.75, 3.05) is 11.5 Å². The molecule has 1 aliphatic carbocycles. The summed E-state index contributed by atoms with van der Waals surface area (Å²) in [4.78, 5) is 35.3. The van der Waals surface area contributed by atoms with Gasteiger partial charge in [0.15, 0.2) is 11.5 Å². The number of carbonyl (C=O) groups excluding carboxylic acids is 2. The lowest BCUT2D eigenvalue weighted by atomic mass is 9.72. The molecule has 0 amide bonds. The highest BCUT2D eigenvalue weighted by Gasteiger charge is 2.54. The summed E-state index contributed by atoms with van der Waals surface area (Å²) in [5, 5.41) is 8.99. The standard InChI is InChI=1S/C14H13NO5S2/c15-10-11(16)9-8(13(17)18)6(4-21-12(9)10)5-22-14(19)7-2-1-3-20-7/h1-3,9-10,12H,4-5,15H2,(H,17,18). The average molecular weight is 339 g/mol. The van der Waals surface area contributed by atoms with E-state index in [0.29, 0.717) is 11.3 Å². The molecule has 3 atom stereocenters. The van der Waals surface area contributed by atoms with E-state index in [1.54, 1.807) is 12.1 Å². The monoisotopic (exact) mass is 339 g/mol. The summed E-state index contributed by atoms with van der Waals surface area (Å²) in [6.07, 6.45) is 1.41. The van der Waals surface area contributed by atoms with Crippen LogP contribution in [0.25, 0.3) is 0 Å². The molecular formula is C14H13NO5S2. The Kier molecular flexibility index (Phi) is 4.16. The van der Waals surface area contributed by atoms with Gasteiger partial charge in [-0.3, -0.25) is 9.59 Å². The van der Waals surface area contributed by atoms with Gasteiger partial charge in [0.05, 0.1) is 18.2 Å². The van der Waals surface area contributed by atoms with E-state index in [0.717, 1.165) is 11.8 Å². The molecule has 0 saturated heterocycles. The topological polar surface area (TPSA) is 111 Å². The summed E-state index contributed by atoms with van der Waals surface area (Å²) in [7, 11) is 0. The first kappa shape index (κ1) is 15.4. The Hall–Kier alpha value is -1.51. The van der Waals surface area contributed by atoms with Crippen LogP contribution in [0.2, 0.25) is 0 Å². The number of hydrogen-bond donors (Lipinski definition) is 2. The number of nitrogens with two attached hydrogens (primary N) is 1. The van der Waals surface area contributed by atoms with Gasteiger partial charge in [-0.2, -0.15) is 11.8 Å². The van der Waals surface area contributed by atoms with Gasteiger partial charge in [0.2, 0.25) is 0 Å². The van der Waals surface area contributed by atoms with Crippen molar-refractivity contribution in [1.29, 1.82) is 0 Å². The molecule has 22 heavy (non-hydrogen) atoms. The number of carbonyl (C=O) groups is 3. The quantitative estimate of drug-likeness (QED) is 0.841. The molecule has 0 spiro atoms. The second kappa shape index (κ2) is 5.94. The normalized spacial score (nSPS) is 27.3. The predicted molar refractivity (Wildman–Crippen MR) is 82.9 cm³/mol. The fraction of sp³-hybridized carbons (Fsp3) is 0.357. The fourth-order valence-corrected chi connectivity index (χ4v) is 5.05. The summed E-state index contributed by atoms with van der Waals surface area (Å²) in [6.45, 7) is 0. The molecule has 0 radical (unpaired) electrons. The largest absolute Gasteiger partial charge is 0.478 e. The second-order valence-corrected chi connectivity index (χ2v) is 7.17. The zero-order valence-electron chi connectivity index (χ0n) is 11.4. The number of Topliss-reactive ketones (excluding diaryl/α,β-unsaturated/α-hetero) is 1. The molecular weight excluding hydrogens is 326 g/mol. The van der Waals surface area contributed by atoms with Crippen LogP contribution in [0.5, 0.6) is 0 Å². The van der Waals surface area contributed by atoms with Crippen LogP contribution in [0.4, 0.5) is 0 Å². The maximum atomic E-state index is 11.9. The van der Waals surface area contributed by atoms with Crippen LogP contribution in [0.15, 0.2) is 34.0 Å². The molecule has 2 heterocycles. The smallest absolute Gasteiger partial charge is 0.332 e. The first-order valence-corrected chi connectivity index (χ1v) is 8.61. The molecule has 1 saturated carbocycles. The minimum absolute atomic E-state index is 0.121. The van der Waals surface area contributed by atoms with Crippen LogP contribution in [-0.2, 0) is 9.59 Å². The van der Waals surface area contributed by atoms with E-state index < -0.39 is 17.9 Å². The zero-order chi connectivity index (χ0) is 15.9. The molecule has 3 rings (SSSR count). The minimum Gasteiger partial charge on any atom is -0.478 e. The van der Waals surface area contributed by atoms with Crippen molar-refractivity contribution < 1.29 is 23.9 Å². The average Bonchev–Trinajstić information content (AvgIpc) is 3.05. The highest BCUT2D eigenvalue weighted by atomic mass is 32.2. The maximum Gasteiger partial charge on any atom is 0.332 e. The van der Waals surface area contributed by atoms with Gasteiger partial charge < -0.3 is 15.3 Å². The number of fused-ring (bicyclic) bond motifs is 1. The van der Waals surface area contributed by atoms with Crippen LogP contribution in [0.1, 0.15) is 10.6 Å². The Bertz CT molecular complexity index is 667. The highest BCUT2D eigenvalue weighted by Crippen LogP contribution is 2.45. The Labute approximate surface area is 134 Å². The van der Waals surface area contributed by atoms with Crippen molar-refractivity contribution >= 4 is 40.4 Å². The predicted octanol–water partition coefficient (Wildman–Crippen LogP) is 1.18. The number of rotatable bonds is 4. The van der Waals surface area contributed by atoms with Crippen molar-refractivity contribution in [3.05, 3.63) is 35.3 Å². The fourth-order valence-electron chi connectivity index (χ4n) is 2.64. The third-order valence-electron chi connectivity index (χ3n) is 3.79. The van der Waals surface area contributed by atoms with Gasteiger partial charge in [0.1, 0.15) is 0 Å². The number of carboxylic acids is 1. The molecule has 0 aromatic carbocycles. The lowest BCUT2D eigenvalue weighted by Crippen LogP contribution is -2.62. The minimum atomic E-state index is -1.10. The first-order chi connectivity index (χ1) is 10.5. The summed E-state index contributed by atoms with van der Waals surface area (Å²) >= 11 is 2.47. The van der Waals surface area contributed by atoms with Crippen LogP contribution < -0.4 is 5.73 Å². The number of hydrogen-bond acceptors (Lipinski definition) is 7. The Morgan fingerprint density at radius 2 is 2.27 bits per heavy atom. The highest BCUT2D eigenvalue weighted by molar-refractivity contribution is 8.14. The van der Waals surface area contributed by atoms with Crippen LogP contribution >= 0.6 is 23.5 Å². The summed E-state index contributed by atoms with van der Waals surface area (Å²) in [6, 6.07) is 2.59. The van der Waals surface area contributed by atoms with Crippen molar-refractivity contribution in [2.24, 2.45) is 11.7 Å². The zero-order valence-corrected chi connectivity index (χ0v) is 13.0. The van der Waals surface area contributed by atoms with Gasteiger partial charge in [-0.05, 0) is 17.7 Å². The van der Waals surface area contributed by atoms with Crippen molar-refractivity contribution in [1.82, 2.24) is 0 Å². The van der Waals surface area contributed by atoms with Gasteiger partial charge in [-0.15, -0.1) is 0 Å². The molecule has 2 aliphatic rings. The molecule has 1 fully saturated rings. The SMILES string of the molecule is NC1C(=O)C2C(C(=O)O)=C(CSC(=O)c3ccco3)CSC12. The van der Waals surface area contributed by atoms with Gasteiger partial charge in [0, 0.05) is 22.3 Å². The van der Waals surface area contributed by atoms with E-state index in [2.05, 4.69) is 0 Å². The Morgan fingerprint density at radius 1 is 1.50 bits per heavy atom. The molecule has 116 valence electrons. The molecule has 8 heteroatoms. The summed E-state index contributed by atoms with van der Waals surface area (Å²) in [5.41, 5.74) is 6.45. The number of aliphatic carboxylic acids is 1. The van der Waals surface area contributed by atoms with E-state index in [1.807, 2.05) is 0 Å². The van der Waals surface area contributed by atoms with E-state index in [1.165, 1.54) is 18.0 Å². The molecule has 6 nitrogen and oxygen atoms in total. The van der Waals surface area contributed by atoms with E-state index in [-0.39, 0.29) is 33.2 Å². The van der Waals surface area contributed by atoms with Crippen molar-refractivity contribution in [2.45, 2.75) is 11.3 Å².